The Morgan fingerprint density at radius 2 is 1.95 bits per heavy atom. The van der Waals surface area contributed by atoms with E-state index in [0.29, 0.717) is 5.56 Å². The number of thiol groups is 1. The number of carbonyl (C=O) groups excluding carboxylic acids is 1. The molecule has 0 spiro atoms. The van der Waals surface area contributed by atoms with Crippen LogP contribution in [0.4, 0.5) is 4.39 Å². The van der Waals surface area contributed by atoms with Gasteiger partial charge in [-0.05, 0) is 38.2 Å². The Labute approximate surface area is 136 Å². The van der Waals surface area contributed by atoms with Gasteiger partial charge < -0.3 is 0 Å². The molecule has 1 saturated heterocycles. The van der Waals surface area contributed by atoms with Gasteiger partial charge in [-0.3, -0.25) is 9.69 Å². The number of carbonyl (C=O) groups is 1. The van der Waals surface area contributed by atoms with Gasteiger partial charge >= 0.3 is 0 Å². The molecule has 1 aliphatic heterocycles. The topological polar surface area (TPSA) is 20.3 Å². The first-order valence-electron chi connectivity index (χ1n) is 7.40. The van der Waals surface area contributed by atoms with Crippen LogP contribution in [0.25, 0.3) is 0 Å². The number of ketones is 1. The normalized spacial score (nSPS) is 24.2. The molecule has 2 atom stereocenters. The predicted octanol–water partition coefficient (Wildman–Crippen LogP) is 4.01. The summed E-state index contributed by atoms with van der Waals surface area (Å²) >= 11 is 4.61. The molecule has 1 aromatic carbocycles. The molecule has 1 saturated carbocycles. The summed E-state index contributed by atoms with van der Waals surface area (Å²) in [6, 6.07) is 6.22. The second kappa shape index (κ2) is 7.12. The summed E-state index contributed by atoms with van der Waals surface area (Å²) in [5, 5.41) is 0.0519. The summed E-state index contributed by atoms with van der Waals surface area (Å²) in [7, 11) is 0. The lowest BCUT2D eigenvalue weighted by Gasteiger charge is -2.38. The highest BCUT2D eigenvalue weighted by atomic mass is 35.5. The molecule has 1 aromatic rings. The van der Waals surface area contributed by atoms with Crippen molar-refractivity contribution in [1.82, 2.24) is 4.90 Å². The van der Waals surface area contributed by atoms with Crippen LogP contribution in [0.5, 0.6) is 0 Å². The monoisotopic (exact) mass is 329 g/mol. The minimum absolute atomic E-state index is 0. The van der Waals surface area contributed by atoms with Crippen LogP contribution in [0, 0.1) is 11.7 Å². The minimum Gasteiger partial charge on any atom is -0.297 e. The molecule has 0 aromatic heterocycles. The van der Waals surface area contributed by atoms with Crippen LogP contribution in [0.3, 0.4) is 0 Å². The molecule has 0 radical (unpaired) electrons. The number of hydrogen-bond donors (Lipinski definition) is 1. The molecule has 2 nitrogen and oxygen atoms in total. The van der Waals surface area contributed by atoms with Crippen molar-refractivity contribution in [3.05, 3.63) is 35.6 Å². The fourth-order valence-corrected chi connectivity index (χ4v) is 3.45. The van der Waals surface area contributed by atoms with Crippen molar-refractivity contribution in [3.8, 4) is 0 Å². The Hall–Kier alpha value is -0.580. The summed E-state index contributed by atoms with van der Waals surface area (Å²) in [4.78, 5) is 14.7. The van der Waals surface area contributed by atoms with Crippen molar-refractivity contribution in [3.63, 3.8) is 0 Å². The Morgan fingerprint density at radius 1 is 1.24 bits per heavy atom. The minimum atomic E-state index is -0.452. The van der Waals surface area contributed by atoms with Gasteiger partial charge in [-0.25, -0.2) is 4.39 Å². The van der Waals surface area contributed by atoms with Gasteiger partial charge in [-0.2, -0.15) is 12.6 Å². The third kappa shape index (κ3) is 3.61. The van der Waals surface area contributed by atoms with Crippen LogP contribution in [-0.2, 0) is 4.79 Å². The number of likely N-dealkylation sites (tertiary alicyclic amines) is 1. The lowest BCUT2D eigenvalue weighted by Crippen LogP contribution is -2.43. The highest BCUT2D eigenvalue weighted by Gasteiger charge is 2.41. The molecular weight excluding hydrogens is 309 g/mol. The lowest BCUT2D eigenvalue weighted by molar-refractivity contribution is -0.126. The van der Waals surface area contributed by atoms with Gasteiger partial charge in [0.2, 0.25) is 0 Å². The number of nitrogens with zero attached hydrogens (tertiary/aromatic N) is 1. The molecule has 2 unspecified atom stereocenters. The summed E-state index contributed by atoms with van der Waals surface area (Å²) in [6.45, 7) is 0.825. The lowest BCUT2D eigenvalue weighted by atomic mass is 9.95. The van der Waals surface area contributed by atoms with Crippen LogP contribution < -0.4 is 0 Å². The number of piperidine rings is 1. The van der Waals surface area contributed by atoms with E-state index in [-0.39, 0.29) is 35.3 Å². The predicted molar refractivity (Wildman–Crippen MR) is 87.5 cm³/mol. The zero-order valence-corrected chi connectivity index (χ0v) is 13.6. The van der Waals surface area contributed by atoms with E-state index in [2.05, 4.69) is 17.5 Å². The molecule has 1 aliphatic carbocycles. The average Bonchev–Trinajstić information content (AvgIpc) is 3.27. The number of Topliss-reactive ketones (excluding diaryl/α,β-unsaturated/α-hetero) is 1. The zero-order valence-electron chi connectivity index (χ0n) is 11.9. The maximum atomic E-state index is 14.2. The fraction of sp³-hybridized carbons (Fsp3) is 0.562. The van der Waals surface area contributed by atoms with Crippen molar-refractivity contribution in [2.75, 3.05) is 6.54 Å². The van der Waals surface area contributed by atoms with Crippen LogP contribution in [0.1, 0.15) is 43.7 Å². The van der Waals surface area contributed by atoms with Gasteiger partial charge in [0.05, 0.1) is 11.4 Å². The Bertz CT molecular complexity index is 509. The van der Waals surface area contributed by atoms with E-state index in [1.54, 1.807) is 12.1 Å². The Balaban J connectivity index is 0.00000161. The van der Waals surface area contributed by atoms with Gasteiger partial charge in [0, 0.05) is 18.0 Å². The zero-order chi connectivity index (χ0) is 14.1. The standard InChI is InChI=1S/C16H20FNOS.ClH/c17-13-6-2-1-5-12(13)15(16(19)11-8-9-11)18-10-4-3-7-14(18)20;/h1-2,5-6,11,14-15,20H,3-4,7-10H2;1H. The average molecular weight is 330 g/mol. The molecule has 0 bridgehead atoms. The Kier molecular flexibility index (Phi) is 5.69. The first-order chi connectivity index (χ1) is 9.68. The molecule has 116 valence electrons. The van der Waals surface area contributed by atoms with Gasteiger partial charge in [0.15, 0.2) is 5.78 Å². The summed E-state index contributed by atoms with van der Waals surface area (Å²) in [5.74, 6) is 0.0238. The number of rotatable bonds is 4. The van der Waals surface area contributed by atoms with E-state index < -0.39 is 6.04 Å². The van der Waals surface area contributed by atoms with Crippen molar-refractivity contribution in [2.24, 2.45) is 5.92 Å². The van der Waals surface area contributed by atoms with Crippen molar-refractivity contribution in [2.45, 2.75) is 43.5 Å². The Morgan fingerprint density at radius 3 is 2.57 bits per heavy atom. The fourth-order valence-electron chi connectivity index (χ4n) is 3.02. The smallest absolute Gasteiger partial charge is 0.157 e. The molecule has 3 rings (SSSR count). The first kappa shape index (κ1) is 16.8. The van der Waals surface area contributed by atoms with E-state index in [4.69, 9.17) is 0 Å². The summed E-state index contributed by atoms with van der Waals surface area (Å²) < 4.78 is 14.2. The molecule has 2 fully saturated rings. The molecule has 0 N–H and O–H groups in total. The first-order valence-corrected chi connectivity index (χ1v) is 7.92. The SMILES string of the molecule is Cl.O=C(C1CC1)C(c1ccccc1F)N1CCCCC1S. The van der Waals surface area contributed by atoms with Crippen LogP contribution in [-0.4, -0.2) is 22.6 Å². The van der Waals surface area contributed by atoms with E-state index in [1.165, 1.54) is 6.07 Å². The second-order valence-corrected chi connectivity index (χ2v) is 6.41. The molecule has 2 aliphatic rings. The third-order valence-electron chi connectivity index (χ3n) is 4.29. The van der Waals surface area contributed by atoms with Gasteiger partial charge in [-0.1, -0.05) is 18.2 Å². The number of benzene rings is 1. The summed E-state index contributed by atoms with van der Waals surface area (Å²) in [5.41, 5.74) is 0.519. The van der Waals surface area contributed by atoms with E-state index in [0.717, 1.165) is 38.6 Å². The molecular formula is C16H21ClFNOS. The van der Waals surface area contributed by atoms with Gasteiger partial charge in [0.25, 0.3) is 0 Å². The number of halogens is 2. The van der Waals surface area contributed by atoms with Crippen LogP contribution in [0.15, 0.2) is 24.3 Å². The van der Waals surface area contributed by atoms with Gasteiger partial charge in [-0.15, -0.1) is 12.4 Å². The van der Waals surface area contributed by atoms with E-state index >= 15 is 0 Å². The van der Waals surface area contributed by atoms with E-state index in [1.807, 2.05) is 6.07 Å². The largest absolute Gasteiger partial charge is 0.297 e. The van der Waals surface area contributed by atoms with Crippen molar-refractivity contribution in [1.29, 1.82) is 0 Å². The van der Waals surface area contributed by atoms with Crippen molar-refractivity contribution < 1.29 is 9.18 Å². The van der Waals surface area contributed by atoms with Gasteiger partial charge in [0.1, 0.15) is 5.82 Å². The molecule has 0 amide bonds. The maximum Gasteiger partial charge on any atom is 0.157 e. The highest BCUT2D eigenvalue weighted by molar-refractivity contribution is 7.80. The van der Waals surface area contributed by atoms with Crippen LogP contribution in [0.2, 0.25) is 0 Å². The quantitative estimate of drug-likeness (QED) is 0.842. The van der Waals surface area contributed by atoms with Crippen LogP contribution >= 0.6 is 25.0 Å². The van der Waals surface area contributed by atoms with E-state index in [9.17, 15) is 9.18 Å². The molecule has 1 heterocycles. The number of hydrogen-bond acceptors (Lipinski definition) is 3. The maximum absolute atomic E-state index is 14.2. The highest BCUT2D eigenvalue weighted by Crippen LogP contribution is 2.40. The van der Waals surface area contributed by atoms with Crippen molar-refractivity contribution >= 4 is 30.8 Å². The molecule has 21 heavy (non-hydrogen) atoms. The second-order valence-electron chi connectivity index (χ2n) is 5.81. The summed E-state index contributed by atoms with van der Waals surface area (Å²) in [6.07, 6.45) is 5.06. The third-order valence-corrected chi connectivity index (χ3v) is 4.85. The molecule has 5 heteroatoms.